The largest absolute Gasteiger partial charge is 0.439 e. The number of nitrogens with zero attached hydrogens (tertiary/aromatic N) is 4. The second-order valence-electron chi connectivity index (χ2n) is 10.6. The summed E-state index contributed by atoms with van der Waals surface area (Å²) in [6.45, 7) is 6.71. The first-order valence-corrected chi connectivity index (χ1v) is 13.9. The molecule has 6 rings (SSSR count). The van der Waals surface area contributed by atoms with Gasteiger partial charge in [-0.1, -0.05) is 67.0 Å². The summed E-state index contributed by atoms with van der Waals surface area (Å²) in [4.78, 5) is 28.3. The first-order valence-electron chi connectivity index (χ1n) is 13.9. The van der Waals surface area contributed by atoms with E-state index in [2.05, 4.69) is 36.1 Å². The fourth-order valence-electron chi connectivity index (χ4n) is 5.75. The Morgan fingerprint density at radius 3 is 2.50 bits per heavy atom. The second kappa shape index (κ2) is 10.7. The lowest BCUT2D eigenvalue weighted by atomic mass is 9.96. The minimum absolute atomic E-state index is 0.0152. The van der Waals surface area contributed by atoms with Gasteiger partial charge in [0.15, 0.2) is 5.82 Å². The third-order valence-corrected chi connectivity index (χ3v) is 7.74. The predicted molar refractivity (Wildman–Crippen MR) is 153 cm³/mol. The summed E-state index contributed by atoms with van der Waals surface area (Å²) in [5.74, 6) is -0.203. The van der Waals surface area contributed by atoms with Crippen LogP contribution < -0.4 is 11.3 Å². The summed E-state index contributed by atoms with van der Waals surface area (Å²) in [6, 6.07) is 17.9. The fraction of sp³-hybridized carbons (Fsp3) is 0.355. The number of H-pyrrole nitrogens is 1. The number of benzene rings is 2. The van der Waals surface area contributed by atoms with E-state index in [9.17, 15) is 9.59 Å². The molecule has 1 aliphatic heterocycles. The highest BCUT2D eigenvalue weighted by atomic mass is 16.5. The van der Waals surface area contributed by atoms with Crippen molar-refractivity contribution in [2.45, 2.75) is 65.0 Å². The Labute approximate surface area is 231 Å². The molecule has 2 atom stereocenters. The quantitative estimate of drug-likeness (QED) is 0.308. The van der Waals surface area contributed by atoms with Crippen LogP contribution in [0.4, 0.5) is 0 Å². The van der Waals surface area contributed by atoms with E-state index >= 15 is 0 Å². The normalized spacial score (nSPS) is 17.5. The van der Waals surface area contributed by atoms with Gasteiger partial charge in [-0.05, 0) is 49.8 Å². The Morgan fingerprint density at radius 2 is 1.82 bits per heavy atom. The van der Waals surface area contributed by atoms with Gasteiger partial charge >= 0.3 is 5.76 Å². The van der Waals surface area contributed by atoms with Gasteiger partial charge in [-0.25, -0.2) is 9.31 Å². The van der Waals surface area contributed by atoms with Gasteiger partial charge in [-0.15, -0.1) is 0 Å². The molecule has 1 N–H and O–H groups in total. The molecule has 0 amide bonds. The van der Waals surface area contributed by atoms with Crippen LogP contribution in [0.5, 0.6) is 0 Å². The van der Waals surface area contributed by atoms with Gasteiger partial charge in [0.1, 0.15) is 5.65 Å². The van der Waals surface area contributed by atoms with Gasteiger partial charge in [0.05, 0.1) is 30.1 Å². The predicted octanol–water partition coefficient (Wildman–Crippen LogP) is 5.10. The molecule has 3 aromatic heterocycles. The number of aromatic nitrogens is 5. The van der Waals surface area contributed by atoms with Crippen molar-refractivity contribution >= 4 is 5.65 Å². The summed E-state index contributed by atoms with van der Waals surface area (Å²) in [5.41, 5.74) is 7.24. The molecule has 0 bridgehead atoms. The van der Waals surface area contributed by atoms with Crippen LogP contribution in [0.1, 0.15) is 61.7 Å². The molecule has 9 nitrogen and oxygen atoms in total. The molecule has 40 heavy (non-hydrogen) atoms. The van der Waals surface area contributed by atoms with E-state index in [1.807, 2.05) is 58.5 Å². The summed E-state index contributed by atoms with van der Waals surface area (Å²) in [5, 5.41) is 8.68. The lowest BCUT2D eigenvalue weighted by Gasteiger charge is -2.29. The fourth-order valence-corrected chi connectivity index (χ4v) is 5.75. The van der Waals surface area contributed by atoms with E-state index in [-0.39, 0.29) is 17.7 Å². The number of aromatic amines is 1. The average molecular weight is 540 g/mol. The molecule has 2 unspecified atom stereocenters. The van der Waals surface area contributed by atoms with Crippen molar-refractivity contribution in [3.63, 3.8) is 0 Å². The summed E-state index contributed by atoms with van der Waals surface area (Å²) in [6.07, 6.45) is 4.22. The third-order valence-electron chi connectivity index (χ3n) is 7.74. The van der Waals surface area contributed by atoms with Crippen molar-refractivity contribution in [3.05, 3.63) is 98.0 Å². The number of ether oxygens (including phenoxy) is 1. The smallest absolute Gasteiger partial charge is 0.376 e. The molecule has 0 radical (unpaired) electrons. The summed E-state index contributed by atoms with van der Waals surface area (Å²) >= 11 is 0. The molecule has 9 heteroatoms. The van der Waals surface area contributed by atoms with Crippen LogP contribution in [-0.4, -0.2) is 37.0 Å². The number of hydrogen-bond acceptors (Lipinski definition) is 6. The average Bonchev–Trinajstić information content (AvgIpc) is 3.57. The Bertz CT molecular complexity index is 1770. The molecule has 0 aliphatic carbocycles. The van der Waals surface area contributed by atoms with Crippen LogP contribution >= 0.6 is 0 Å². The maximum Gasteiger partial charge on any atom is 0.439 e. The summed E-state index contributed by atoms with van der Waals surface area (Å²) in [7, 11) is 0. The van der Waals surface area contributed by atoms with E-state index < -0.39 is 5.76 Å². The zero-order valence-corrected chi connectivity index (χ0v) is 23.0. The van der Waals surface area contributed by atoms with Crippen molar-refractivity contribution in [1.82, 2.24) is 24.3 Å². The van der Waals surface area contributed by atoms with Crippen LogP contribution in [0.25, 0.3) is 28.2 Å². The number of nitrogens with one attached hydrogen (secondary N) is 1. The monoisotopic (exact) mass is 539 g/mol. The van der Waals surface area contributed by atoms with Gasteiger partial charge in [0.2, 0.25) is 0 Å². The highest BCUT2D eigenvalue weighted by Crippen LogP contribution is 2.31. The molecule has 5 aromatic rings. The number of rotatable bonds is 7. The Hall–Kier alpha value is -4.24. The van der Waals surface area contributed by atoms with Crippen LogP contribution in [0, 0.1) is 6.92 Å². The minimum atomic E-state index is -0.590. The molecule has 0 saturated carbocycles. The molecule has 2 aromatic carbocycles. The van der Waals surface area contributed by atoms with Crippen molar-refractivity contribution in [1.29, 1.82) is 0 Å². The zero-order chi connectivity index (χ0) is 27.8. The topological polar surface area (TPSA) is 107 Å². The first-order chi connectivity index (χ1) is 19.4. The molecular formula is C31H33N5O4. The van der Waals surface area contributed by atoms with E-state index in [0.717, 1.165) is 70.5 Å². The van der Waals surface area contributed by atoms with Gasteiger partial charge in [-0.2, -0.15) is 5.10 Å². The SMILES string of the molecule is CCCc1c(Cc2ccc(-c3ccccc3-c3noc(=O)[nH]3)cc2)c(=O)n(C2CCC(C)OC2)c2cc(C)nn12. The Kier molecular flexibility index (Phi) is 6.98. The first kappa shape index (κ1) is 26.0. The Morgan fingerprint density at radius 1 is 1.05 bits per heavy atom. The molecule has 1 aliphatic rings. The van der Waals surface area contributed by atoms with E-state index in [1.54, 1.807) is 0 Å². The van der Waals surface area contributed by atoms with Crippen LogP contribution in [0.2, 0.25) is 0 Å². The van der Waals surface area contributed by atoms with Gasteiger partial charge in [-0.3, -0.25) is 18.9 Å². The number of fused-ring (bicyclic) bond motifs is 1. The van der Waals surface area contributed by atoms with Crippen LogP contribution in [0.15, 0.2) is 68.7 Å². The van der Waals surface area contributed by atoms with Crippen LogP contribution in [-0.2, 0) is 17.6 Å². The maximum atomic E-state index is 14.2. The van der Waals surface area contributed by atoms with Crippen molar-refractivity contribution in [2.75, 3.05) is 6.61 Å². The lowest BCUT2D eigenvalue weighted by Crippen LogP contribution is -2.36. The molecule has 1 saturated heterocycles. The molecular weight excluding hydrogens is 506 g/mol. The summed E-state index contributed by atoms with van der Waals surface area (Å²) < 4.78 is 14.6. The number of hydrogen-bond donors (Lipinski definition) is 1. The standard InChI is InChI=1S/C31H33N5O4/c1-4-7-27-26(30(37)35(23-15-10-20(3)39-18-23)28-16-19(2)33-36(27)28)17-21-11-13-22(14-12-21)24-8-5-6-9-25(24)29-32-31(38)40-34-29/h5-6,8-9,11-14,16,20,23H,4,7,10,15,17-18H2,1-3H3,(H,32,34,38). The third kappa shape index (κ3) is 4.81. The second-order valence-corrected chi connectivity index (χ2v) is 10.6. The van der Waals surface area contributed by atoms with E-state index in [0.29, 0.717) is 18.9 Å². The van der Waals surface area contributed by atoms with Crippen molar-refractivity contribution in [2.24, 2.45) is 0 Å². The van der Waals surface area contributed by atoms with Crippen molar-refractivity contribution < 1.29 is 9.26 Å². The lowest BCUT2D eigenvalue weighted by molar-refractivity contribution is -0.000796. The van der Waals surface area contributed by atoms with Crippen LogP contribution in [0.3, 0.4) is 0 Å². The minimum Gasteiger partial charge on any atom is -0.376 e. The van der Waals surface area contributed by atoms with Gasteiger partial charge in [0, 0.05) is 23.6 Å². The van der Waals surface area contributed by atoms with Gasteiger partial charge < -0.3 is 4.74 Å². The van der Waals surface area contributed by atoms with E-state index in [4.69, 9.17) is 14.4 Å². The molecule has 206 valence electrons. The molecule has 1 fully saturated rings. The van der Waals surface area contributed by atoms with Gasteiger partial charge in [0.25, 0.3) is 5.56 Å². The maximum absolute atomic E-state index is 14.2. The van der Waals surface area contributed by atoms with E-state index in [1.165, 1.54) is 0 Å². The Balaban J connectivity index is 1.40. The van der Waals surface area contributed by atoms with Crippen molar-refractivity contribution in [3.8, 4) is 22.5 Å². The highest BCUT2D eigenvalue weighted by Gasteiger charge is 2.26. The zero-order valence-electron chi connectivity index (χ0n) is 23.0. The highest BCUT2D eigenvalue weighted by molar-refractivity contribution is 5.80. The number of aryl methyl sites for hydroxylation is 2. The molecule has 0 spiro atoms. The molecule has 4 heterocycles.